The van der Waals surface area contributed by atoms with Crippen LogP contribution in [0, 0.1) is 5.92 Å². The van der Waals surface area contributed by atoms with Crippen LogP contribution in [0.4, 0.5) is 0 Å². The smallest absolute Gasteiger partial charge is 0.139 e. The molecule has 0 fully saturated rings. The number of unbranched alkanes of at least 4 members (excludes halogenated alkanes) is 1. The Kier molecular flexibility index (Phi) is 9.00. The van der Waals surface area contributed by atoms with Gasteiger partial charge in [-0.05, 0) is 38.6 Å². The molecule has 0 aliphatic rings. The lowest BCUT2D eigenvalue weighted by atomic mass is 10.0. The molecule has 0 saturated heterocycles. The van der Waals surface area contributed by atoms with Gasteiger partial charge in [0.05, 0.1) is 0 Å². The zero-order valence-electron chi connectivity index (χ0n) is 10.9. The van der Waals surface area contributed by atoms with Gasteiger partial charge in [-0.15, -0.1) is 0 Å². The summed E-state index contributed by atoms with van der Waals surface area (Å²) in [6, 6.07) is 0.582. The van der Waals surface area contributed by atoms with Crippen LogP contribution in [0.15, 0.2) is 5.16 Å². The molecule has 0 aromatic carbocycles. The van der Waals surface area contributed by atoms with Gasteiger partial charge in [0, 0.05) is 12.5 Å². The standard InChI is InChI=1S/C12H27N3O/c1-4-10(2)9-11(3)14-8-6-5-7-12(13)15-16/h10-11,14,16H,4-9H2,1-3H3,(H2,13,15). The van der Waals surface area contributed by atoms with Crippen molar-refractivity contribution in [2.45, 2.75) is 58.9 Å². The molecule has 0 radical (unpaired) electrons. The Bertz CT molecular complexity index is 195. The molecule has 2 unspecified atom stereocenters. The second kappa shape index (κ2) is 9.46. The van der Waals surface area contributed by atoms with Crippen molar-refractivity contribution in [3.8, 4) is 0 Å². The van der Waals surface area contributed by atoms with Gasteiger partial charge in [0.15, 0.2) is 0 Å². The van der Waals surface area contributed by atoms with E-state index in [1.165, 1.54) is 12.8 Å². The second-order valence-corrected chi connectivity index (χ2v) is 4.65. The third-order valence-electron chi connectivity index (χ3n) is 2.93. The number of nitrogens with one attached hydrogen (secondary N) is 1. The fraction of sp³-hybridized carbons (Fsp3) is 0.917. The Balaban J connectivity index is 3.37. The van der Waals surface area contributed by atoms with Gasteiger partial charge in [-0.1, -0.05) is 25.4 Å². The molecular weight excluding hydrogens is 202 g/mol. The predicted molar refractivity (Wildman–Crippen MR) is 68.8 cm³/mol. The summed E-state index contributed by atoms with van der Waals surface area (Å²) in [6.07, 6.45) is 5.20. The fourth-order valence-corrected chi connectivity index (χ4v) is 1.68. The molecule has 0 aliphatic heterocycles. The first-order valence-electron chi connectivity index (χ1n) is 6.29. The van der Waals surface area contributed by atoms with Gasteiger partial charge in [-0.3, -0.25) is 0 Å². The molecule has 96 valence electrons. The van der Waals surface area contributed by atoms with Crippen molar-refractivity contribution in [2.24, 2.45) is 16.8 Å². The lowest BCUT2D eigenvalue weighted by Gasteiger charge is -2.17. The number of oxime groups is 1. The van der Waals surface area contributed by atoms with E-state index in [2.05, 4.69) is 31.2 Å². The minimum Gasteiger partial charge on any atom is -0.409 e. The zero-order valence-corrected chi connectivity index (χ0v) is 10.9. The van der Waals surface area contributed by atoms with E-state index in [9.17, 15) is 0 Å². The monoisotopic (exact) mass is 229 g/mol. The number of hydrogen-bond acceptors (Lipinski definition) is 3. The lowest BCUT2D eigenvalue weighted by Crippen LogP contribution is -2.28. The summed E-state index contributed by atoms with van der Waals surface area (Å²) in [4.78, 5) is 0. The van der Waals surface area contributed by atoms with Crippen LogP contribution in [0.3, 0.4) is 0 Å². The molecule has 4 heteroatoms. The molecule has 2 atom stereocenters. The van der Waals surface area contributed by atoms with Gasteiger partial charge in [-0.25, -0.2) is 0 Å². The van der Waals surface area contributed by atoms with Gasteiger partial charge in [-0.2, -0.15) is 0 Å². The molecule has 0 amide bonds. The van der Waals surface area contributed by atoms with Crippen molar-refractivity contribution < 1.29 is 5.21 Å². The van der Waals surface area contributed by atoms with Gasteiger partial charge in [0.1, 0.15) is 5.84 Å². The van der Waals surface area contributed by atoms with Crippen molar-refractivity contribution in [1.29, 1.82) is 0 Å². The average molecular weight is 229 g/mol. The molecular formula is C12H27N3O. The maximum atomic E-state index is 8.35. The van der Waals surface area contributed by atoms with Crippen LogP contribution < -0.4 is 11.1 Å². The highest BCUT2D eigenvalue weighted by Gasteiger charge is 2.05. The second-order valence-electron chi connectivity index (χ2n) is 4.65. The molecule has 4 N–H and O–H groups in total. The predicted octanol–water partition coefficient (Wildman–Crippen LogP) is 2.32. The molecule has 0 heterocycles. The molecule has 0 aliphatic carbocycles. The normalized spacial score (nSPS) is 16.1. The van der Waals surface area contributed by atoms with Crippen molar-refractivity contribution in [2.75, 3.05) is 6.54 Å². The summed E-state index contributed by atoms with van der Waals surface area (Å²) in [5.74, 6) is 1.12. The van der Waals surface area contributed by atoms with E-state index in [4.69, 9.17) is 10.9 Å². The van der Waals surface area contributed by atoms with E-state index >= 15 is 0 Å². The largest absolute Gasteiger partial charge is 0.409 e. The highest BCUT2D eigenvalue weighted by Crippen LogP contribution is 2.09. The van der Waals surface area contributed by atoms with Crippen molar-refractivity contribution in [3.05, 3.63) is 0 Å². The zero-order chi connectivity index (χ0) is 12.4. The highest BCUT2D eigenvalue weighted by atomic mass is 16.4. The molecule has 4 nitrogen and oxygen atoms in total. The van der Waals surface area contributed by atoms with Crippen LogP contribution in [0.25, 0.3) is 0 Å². The van der Waals surface area contributed by atoms with Gasteiger partial charge < -0.3 is 16.3 Å². The van der Waals surface area contributed by atoms with Crippen molar-refractivity contribution in [1.82, 2.24) is 5.32 Å². The molecule has 0 bridgehead atoms. The topological polar surface area (TPSA) is 70.6 Å². The Morgan fingerprint density at radius 1 is 1.38 bits per heavy atom. The first-order chi connectivity index (χ1) is 7.60. The Hall–Kier alpha value is -0.770. The maximum absolute atomic E-state index is 8.35. The van der Waals surface area contributed by atoms with Crippen LogP contribution in [0.5, 0.6) is 0 Å². The maximum Gasteiger partial charge on any atom is 0.139 e. The minimum atomic E-state index is 0.327. The first-order valence-corrected chi connectivity index (χ1v) is 6.29. The van der Waals surface area contributed by atoms with E-state index in [-0.39, 0.29) is 0 Å². The number of nitrogens with zero attached hydrogens (tertiary/aromatic N) is 1. The third-order valence-corrected chi connectivity index (χ3v) is 2.93. The molecule has 0 saturated carbocycles. The van der Waals surface area contributed by atoms with E-state index in [0.717, 1.165) is 25.3 Å². The molecule has 0 aromatic heterocycles. The quantitative estimate of drug-likeness (QED) is 0.187. The van der Waals surface area contributed by atoms with Crippen molar-refractivity contribution in [3.63, 3.8) is 0 Å². The number of rotatable bonds is 9. The first kappa shape index (κ1) is 15.2. The third kappa shape index (κ3) is 8.53. The van der Waals surface area contributed by atoms with Gasteiger partial charge >= 0.3 is 0 Å². The van der Waals surface area contributed by atoms with E-state index < -0.39 is 0 Å². The average Bonchev–Trinajstić information content (AvgIpc) is 2.27. The van der Waals surface area contributed by atoms with Crippen LogP contribution in [0.2, 0.25) is 0 Å². The van der Waals surface area contributed by atoms with Gasteiger partial charge in [0.2, 0.25) is 0 Å². The molecule has 0 spiro atoms. The van der Waals surface area contributed by atoms with Crippen LogP contribution >= 0.6 is 0 Å². The van der Waals surface area contributed by atoms with Crippen LogP contribution in [-0.4, -0.2) is 23.6 Å². The summed E-state index contributed by atoms with van der Waals surface area (Å²) in [5.41, 5.74) is 5.38. The van der Waals surface area contributed by atoms with Crippen LogP contribution in [0.1, 0.15) is 52.9 Å². The van der Waals surface area contributed by atoms with Gasteiger partial charge in [0.25, 0.3) is 0 Å². The SMILES string of the molecule is CCC(C)CC(C)NCCCCC(N)=NO. The molecule has 0 rings (SSSR count). The van der Waals surface area contributed by atoms with E-state index in [1.54, 1.807) is 0 Å². The van der Waals surface area contributed by atoms with E-state index in [1.807, 2.05) is 0 Å². The summed E-state index contributed by atoms with van der Waals surface area (Å²) in [7, 11) is 0. The molecule has 16 heavy (non-hydrogen) atoms. The number of nitrogens with two attached hydrogens (primary N) is 1. The van der Waals surface area contributed by atoms with Crippen LogP contribution in [-0.2, 0) is 0 Å². The highest BCUT2D eigenvalue weighted by molar-refractivity contribution is 5.79. The van der Waals surface area contributed by atoms with E-state index in [0.29, 0.717) is 18.3 Å². The van der Waals surface area contributed by atoms with Crippen molar-refractivity contribution >= 4 is 5.84 Å². The summed E-state index contributed by atoms with van der Waals surface area (Å²) in [5, 5.41) is 14.8. The molecule has 0 aromatic rings. The minimum absolute atomic E-state index is 0.327. The number of amidine groups is 1. The Morgan fingerprint density at radius 2 is 2.06 bits per heavy atom. The number of hydrogen-bond donors (Lipinski definition) is 3. The summed E-state index contributed by atoms with van der Waals surface area (Å²) in [6.45, 7) is 7.76. The lowest BCUT2D eigenvalue weighted by molar-refractivity contribution is 0.316. The Labute approximate surface area is 99.3 Å². The summed E-state index contributed by atoms with van der Waals surface area (Å²) < 4.78 is 0. The Morgan fingerprint density at radius 3 is 2.62 bits per heavy atom. The fourth-order valence-electron chi connectivity index (χ4n) is 1.68. The summed E-state index contributed by atoms with van der Waals surface area (Å²) >= 11 is 0.